The van der Waals surface area contributed by atoms with E-state index < -0.39 is 12.1 Å². The number of para-hydroxylation sites is 2. The highest BCUT2D eigenvalue weighted by Gasteiger charge is 2.34. The van der Waals surface area contributed by atoms with Gasteiger partial charge in [0.1, 0.15) is 5.75 Å². The molecular formula is C20H21NO4. The second-order valence-electron chi connectivity index (χ2n) is 6.12. The number of fused-ring (bicyclic) bond motifs is 1. The number of carbonyl (C=O) groups is 2. The van der Waals surface area contributed by atoms with Crippen LogP contribution in [0, 0.1) is 0 Å². The number of ether oxygens (including phenoxy) is 2. The number of hydrogen-bond acceptors (Lipinski definition) is 4. The van der Waals surface area contributed by atoms with Crippen molar-refractivity contribution in [3.63, 3.8) is 0 Å². The molecule has 1 heterocycles. The minimum atomic E-state index is -0.809. The van der Waals surface area contributed by atoms with E-state index in [4.69, 9.17) is 9.47 Å². The first-order chi connectivity index (χ1) is 12.1. The zero-order valence-corrected chi connectivity index (χ0v) is 14.3. The number of anilines is 1. The third-order valence-corrected chi connectivity index (χ3v) is 4.39. The average molecular weight is 339 g/mol. The van der Waals surface area contributed by atoms with Gasteiger partial charge >= 0.3 is 5.97 Å². The molecule has 2 atom stereocenters. The normalized spacial score (nSPS) is 17.2. The summed E-state index contributed by atoms with van der Waals surface area (Å²) in [5, 5.41) is 0. The summed E-state index contributed by atoms with van der Waals surface area (Å²) in [6.07, 6.45) is -0.456. The number of nitrogens with zero attached hydrogens (tertiary/aromatic N) is 1. The Labute approximate surface area is 147 Å². The lowest BCUT2D eigenvalue weighted by atomic mass is 9.97. The van der Waals surface area contributed by atoms with Crippen molar-refractivity contribution in [1.82, 2.24) is 0 Å². The molecule has 2 aromatic carbocycles. The number of benzene rings is 2. The monoisotopic (exact) mass is 339 g/mol. The molecule has 0 radical (unpaired) electrons. The van der Waals surface area contributed by atoms with E-state index in [1.54, 1.807) is 11.0 Å². The van der Waals surface area contributed by atoms with Crippen LogP contribution in [0.1, 0.15) is 24.8 Å². The van der Waals surface area contributed by atoms with Gasteiger partial charge in [-0.2, -0.15) is 0 Å². The SMILES string of the molecule is COC(=O)[C@@H]1CN(C(=O)C[C@H](C)c2ccccc2)c2ccccc2O1. The molecule has 0 saturated heterocycles. The van der Waals surface area contributed by atoms with Gasteiger partial charge in [0.15, 0.2) is 0 Å². The zero-order chi connectivity index (χ0) is 17.8. The summed E-state index contributed by atoms with van der Waals surface area (Å²) in [5.74, 6) is 0.0783. The predicted molar refractivity (Wildman–Crippen MR) is 94.7 cm³/mol. The van der Waals surface area contributed by atoms with E-state index in [1.807, 2.05) is 55.5 Å². The summed E-state index contributed by atoms with van der Waals surface area (Å²) < 4.78 is 10.5. The molecule has 0 bridgehead atoms. The van der Waals surface area contributed by atoms with Crippen LogP contribution in [0.3, 0.4) is 0 Å². The first-order valence-electron chi connectivity index (χ1n) is 8.29. The van der Waals surface area contributed by atoms with Crippen LogP contribution in [0.5, 0.6) is 5.75 Å². The second-order valence-corrected chi connectivity index (χ2v) is 6.12. The fraction of sp³-hybridized carbons (Fsp3) is 0.300. The molecule has 0 fully saturated rings. The maximum Gasteiger partial charge on any atom is 0.348 e. The molecule has 3 rings (SSSR count). The van der Waals surface area contributed by atoms with Crippen LogP contribution in [0.4, 0.5) is 5.69 Å². The molecule has 1 aliphatic heterocycles. The number of rotatable bonds is 4. The Kier molecular flexibility index (Phi) is 5.03. The first-order valence-corrected chi connectivity index (χ1v) is 8.29. The molecule has 0 saturated carbocycles. The van der Waals surface area contributed by atoms with Crippen molar-refractivity contribution in [2.75, 3.05) is 18.6 Å². The molecular weight excluding hydrogens is 318 g/mol. The highest BCUT2D eigenvalue weighted by Crippen LogP contribution is 2.34. The largest absolute Gasteiger partial charge is 0.475 e. The molecule has 2 aromatic rings. The summed E-state index contributed by atoms with van der Waals surface area (Å²) in [7, 11) is 1.32. The number of esters is 1. The summed E-state index contributed by atoms with van der Waals surface area (Å²) in [4.78, 5) is 26.4. The van der Waals surface area contributed by atoms with Gasteiger partial charge in [-0.05, 0) is 23.6 Å². The van der Waals surface area contributed by atoms with Crippen LogP contribution < -0.4 is 9.64 Å². The molecule has 0 unspecified atom stereocenters. The van der Waals surface area contributed by atoms with Crippen molar-refractivity contribution in [2.45, 2.75) is 25.4 Å². The lowest BCUT2D eigenvalue weighted by Crippen LogP contribution is -2.47. The maximum atomic E-state index is 12.9. The van der Waals surface area contributed by atoms with Crippen molar-refractivity contribution < 1.29 is 19.1 Å². The molecule has 0 N–H and O–H groups in total. The topological polar surface area (TPSA) is 55.8 Å². The van der Waals surface area contributed by atoms with Gasteiger partial charge < -0.3 is 14.4 Å². The Balaban J connectivity index is 1.81. The van der Waals surface area contributed by atoms with Crippen molar-refractivity contribution in [1.29, 1.82) is 0 Å². The van der Waals surface area contributed by atoms with Gasteiger partial charge in [-0.3, -0.25) is 4.79 Å². The first kappa shape index (κ1) is 17.0. The van der Waals surface area contributed by atoms with E-state index in [0.29, 0.717) is 17.9 Å². The third kappa shape index (κ3) is 3.65. The van der Waals surface area contributed by atoms with E-state index >= 15 is 0 Å². The van der Waals surface area contributed by atoms with Crippen molar-refractivity contribution in [2.24, 2.45) is 0 Å². The van der Waals surface area contributed by atoms with Gasteiger partial charge in [0.2, 0.25) is 12.0 Å². The van der Waals surface area contributed by atoms with Crippen LogP contribution in [0.2, 0.25) is 0 Å². The molecule has 0 spiro atoms. The molecule has 1 amide bonds. The molecule has 25 heavy (non-hydrogen) atoms. The smallest absolute Gasteiger partial charge is 0.348 e. The second kappa shape index (κ2) is 7.38. The molecule has 5 heteroatoms. The fourth-order valence-electron chi connectivity index (χ4n) is 3.00. The molecule has 5 nitrogen and oxygen atoms in total. The van der Waals surface area contributed by atoms with Gasteiger partial charge in [-0.15, -0.1) is 0 Å². The highest BCUT2D eigenvalue weighted by molar-refractivity contribution is 5.97. The number of carbonyl (C=O) groups excluding carboxylic acids is 2. The van der Waals surface area contributed by atoms with Crippen molar-refractivity contribution in [3.05, 3.63) is 60.2 Å². The zero-order valence-electron chi connectivity index (χ0n) is 14.3. The Morgan fingerprint density at radius 3 is 2.56 bits per heavy atom. The molecule has 0 aliphatic carbocycles. The summed E-state index contributed by atoms with van der Waals surface area (Å²) in [6, 6.07) is 17.2. The lowest BCUT2D eigenvalue weighted by Gasteiger charge is -2.34. The van der Waals surface area contributed by atoms with E-state index in [-0.39, 0.29) is 18.4 Å². The lowest BCUT2D eigenvalue weighted by molar-refractivity contribution is -0.148. The molecule has 130 valence electrons. The Bertz CT molecular complexity index is 759. The van der Waals surface area contributed by atoms with Crippen LogP contribution in [-0.4, -0.2) is 31.6 Å². The van der Waals surface area contributed by atoms with E-state index in [2.05, 4.69) is 0 Å². The van der Waals surface area contributed by atoms with Gasteiger partial charge in [0.05, 0.1) is 19.3 Å². The van der Waals surface area contributed by atoms with Gasteiger partial charge in [-0.25, -0.2) is 4.79 Å². The number of hydrogen-bond donors (Lipinski definition) is 0. The molecule has 1 aliphatic rings. The minimum absolute atomic E-state index is 0.0407. The van der Waals surface area contributed by atoms with Crippen LogP contribution in [0.15, 0.2) is 54.6 Å². The van der Waals surface area contributed by atoms with E-state index in [0.717, 1.165) is 5.56 Å². The Morgan fingerprint density at radius 1 is 1.16 bits per heavy atom. The summed E-state index contributed by atoms with van der Waals surface area (Å²) in [6.45, 7) is 2.18. The fourth-order valence-corrected chi connectivity index (χ4v) is 3.00. The average Bonchev–Trinajstić information content (AvgIpc) is 2.67. The predicted octanol–water partition coefficient (Wildman–Crippen LogP) is 3.15. The standard InChI is InChI=1S/C20H21NO4/c1-14(15-8-4-3-5-9-15)12-19(22)21-13-18(20(23)24-2)25-17-11-7-6-10-16(17)21/h3-11,14,18H,12-13H2,1-2H3/t14-,18-/m0/s1. The number of methoxy groups -OCH3 is 1. The quantitative estimate of drug-likeness (QED) is 0.803. The number of amides is 1. The van der Waals surface area contributed by atoms with Crippen LogP contribution in [-0.2, 0) is 14.3 Å². The highest BCUT2D eigenvalue weighted by atomic mass is 16.6. The van der Waals surface area contributed by atoms with Crippen molar-refractivity contribution >= 4 is 17.6 Å². The van der Waals surface area contributed by atoms with Crippen molar-refractivity contribution in [3.8, 4) is 5.75 Å². The summed E-state index contributed by atoms with van der Waals surface area (Å²) >= 11 is 0. The Morgan fingerprint density at radius 2 is 1.84 bits per heavy atom. The van der Waals surface area contributed by atoms with Gasteiger partial charge in [0.25, 0.3) is 0 Å². The van der Waals surface area contributed by atoms with Crippen LogP contribution >= 0.6 is 0 Å². The minimum Gasteiger partial charge on any atom is -0.475 e. The third-order valence-electron chi connectivity index (χ3n) is 4.39. The molecule has 0 aromatic heterocycles. The van der Waals surface area contributed by atoms with E-state index in [9.17, 15) is 9.59 Å². The van der Waals surface area contributed by atoms with E-state index in [1.165, 1.54) is 7.11 Å². The van der Waals surface area contributed by atoms with Gasteiger partial charge in [-0.1, -0.05) is 49.4 Å². The van der Waals surface area contributed by atoms with Gasteiger partial charge in [0, 0.05) is 6.42 Å². The maximum absolute atomic E-state index is 12.9. The summed E-state index contributed by atoms with van der Waals surface area (Å²) in [5.41, 5.74) is 1.80. The van der Waals surface area contributed by atoms with Crippen LogP contribution in [0.25, 0.3) is 0 Å². The Hall–Kier alpha value is -2.82.